The van der Waals surface area contributed by atoms with Crippen molar-refractivity contribution < 1.29 is 18.8 Å². The monoisotopic (exact) mass is 464 g/mol. The minimum atomic E-state index is -3.12. The lowest BCUT2D eigenvalue weighted by molar-refractivity contribution is -0.428. The molecule has 4 rings (SSSR count). The van der Waals surface area contributed by atoms with E-state index >= 15 is 0 Å². The predicted molar refractivity (Wildman–Crippen MR) is 126 cm³/mol. The highest BCUT2D eigenvalue weighted by molar-refractivity contribution is 7.90. The number of rotatable bonds is 3. The molecule has 6 nitrogen and oxygen atoms in total. The van der Waals surface area contributed by atoms with Crippen molar-refractivity contribution in [2.45, 2.75) is 57.4 Å². The zero-order valence-corrected chi connectivity index (χ0v) is 20.2. The van der Waals surface area contributed by atoms with Crippen LogP contribution in [0.5, 0.6) is 0 Å². The second-order valence-electron chi connectivity index (χ2n) is 9.30. The summed E-state index contributed by atoms with van der Waals surface area (Å²) in [5.74, 6) is 5.18. The predicted octanol–water partition coefficient (Wildman–Crippen LogP) is 3.61. The third-order valence-electron chi connectivity index (χ3n) is 7.02. The second kappa shape index (κ2) is 8.85. The van der Waals surface area contributed by atoms with Crippen LogP contribution in [0.2, 0.25) is 0 Å². The molecular formula is C26H30N3O3S+. The average Bonchev–Trinajstić information content (AvgIpc) is 2.76. The van der Waals surface area contributed by atoms with E-state index in [2.05, 4.69) is 16.8 Å². The number of hydrogen-bond donors (Lipinski definition) is 1. The Morgan fingerprint density at radius 2 is 1.70 bits per heavy atom. The topological polar surface area (TPSA) is 92.4 Å². The van der Waals surface area contributed by atoms with E-state index in [0.717, 1.165) is 22.3 Å². The van der Waals surface area contributed by atoms with Gasteiger partial charge < -0.3 is 0 Å². The molecule has 1 saturated heterocycles. The van der Waals surface area contributed by atoms with Crippen LogP contribution < -0.4 is 4.98 Å². The van der Waals surface area contributed by atoms with Gasteiger partial charge in [0.15, 0.2) is 16.1 Å². The molecule has 2 heterocycles. The van der Waals surface area contributed by atoms with Crippen molar-refractivity contribution in [1.82, 2.24) is 4.31 Å². The molecule has 7 heteroatoms. The molecule has 2 aromatic rings. The van der Waals surface area contributed by atoms with Gasteiger partial charge in [0.05, 0.1) is 0 Å². The standard InChI is InChI=1S/C26H29N3O3S/c1-4-7-20-14-18(2)24(19(3)15-20)25-21(30)16-26(17-22(25)31)9-12-29(13-10-26)33(27,32)23-8-5-6-11-28-23/h5-6,8,11,14-15,25,27H,9-10,12-13,16-17H2,1-3H3/p+1. The van der Waals surface area contributed by atoms with Gasteiger partial charge >= 0.3 is 0 Å². The van der Waals surface area contributed by atoms with Gasteiger partial charge in [-0.15, -0.1) is 5.92 Å². The first-order chi connectivity index (χ1) is 15.7. The van der Waals surface area contributed by atoms with Crippen molar-refractivity contribution in [3.8, 4) is 11.8 Å². The third kappa shape index (κ3) is 4.38. The van der Waals surface area contributed by atoms with Gasteiger partial charge in [-0.3, -0.25) is 9.59 Å². The highest BCUT2D eigenvalue weighted by atomic mass is 32.2. The first-order valence-corrected chi connectivity index (χ1v) is 12.8. The van der Waals surface area contributed by atoms with Crippen LogP contribution in [0.4, 0.5) is 0 Å². The van der Waals surface area contributed by atoms with Crippen molar-refractivity contribution in [1.29, 1.82) is 4.78 Å². The quantitative estimate of drug-likeness (QED) is 0.556. The van der Waals surface area contributed by atoms with Crippen LogP contribution >= 0.6 is 0 Å². The summed E-state index contributed by atoms with van der Waals surface area (Å²) >= 11 is 0. The summed E-state index contributed by atoms with van der Waals surface area (Å²) in [5, 5.41) is 0.374. The number of nitrogens with zero attached hydrogens (tertiary/aromatic N) is 1. The molecule has 0 radical (unpaired) electrons. The minimum Gasteiger partial charge on any atom is -0.299 e. The maximum Gasteiger partial charge on any atom is 0.291 e. The van der Waals surface area contributed by atoms with Crippen LogP contribution in [0.25, 0.3) is 0 Å². The Morgan fingerprint density at radius 1 is 1.09 bits per heavy atom. The number of aromatic nitrogens is 1. The minimum absolute atomic E-state index is 0.0248. The molecule has 1 unspecified atom stereocenters. The largest absolute Gasteiger partial charge is 0.299 e. The number of piperidine rings is 1. The number of pyridine rings is 1. The number of aromatic amines is 1. The summed E-state index contributed by atoms with van der Waals surface area (Å²) in [7, 11) is -3.12. The van der Waals surface area contributed by atoms with Crippen LogP contribution in [-0.4, -0.2) is 33.2 Å². The fourth-order valence-corrected chi connectivity index (χ4v) is 6.88. The smallest absolute Gasteiger partial charge is 0.291 e. The Kier molecular flexibility index (Phi) is 6.26. The van der Waals surface area contributed by atoms with Crippen LogP contribution in [0.15, 0.2) is 41.6 Å². The van der Waals surface area contributed by atoms with Gasteiger partial charge in [0, 0.05) is 43.6 Å². The van der Waals surface area contributed by atoms with Gasteiger partial charge in [0.1, 0.15) is 17.5 Å². The Balaban J connectivity index is 1.52. The van der Waals surface area contributed by atoms with Gasteiger partial charge in [0.25, 0.3) is 5.03 Å². The number of hydrogen-bond acceptors (Lipinski definition) is 4. The SMILES string of the molecule is CC#Cc1cc(C)c(C2C(=O)CC3(CCN(S(=N)(=O)c4cccc[nH+]4)CC3)CC2=O)c(C)c1. The van der Waals surface area contributed by atoms with E-state index in [-0.39, 0.29) is 11.6 Å². The number of Topliss-reactive ketones (excluding diaryl/α,β-unsaturated/α-hetero) is 2. The van der Waals surface area contributed by atoms with E-state index in [9.17, 15) is 13.8 Å². The molecule has 1 aliphatic carbocycles. The highest BCUT2D eigenvalue weighted by Gasteiger charge is 2.48. The van der Waals surface area contributed by atoms with E-state index in [1.807, 2.05) is 26.0 Å². The maximum absolute atomic E-state index is 13.3. The number of carbonyl (C=O) groups excluding carboxylic acids is 2. The molecule has 1 aromatic heterocycles. The molecule has 1 atom stereocenters. The molecule has 172 valence electrons. The van der Waals surface area contributed by atoms with Gasteiger partial charge in [-0.25, -0.2) is 18.3 Å². The molecule has 33 heavy (non-hydrogen) atoms. The zero-order valence-electron chi connectivity index (χ0n) is 19.4. The van der Waals surface area contributed by atoms with Crippen LogP contribution in [0.1, 0.15) is 60.8 Å². The lowest BCUT2D eigenvalue weighted by Crippen LogP contribution is -2.48. The third-order valence-corrected chi connectivity index (χ3v) is 8.96. The van der Waals surface area contributed by atoms with Crippen molar-refractivity contribution >= 4 is 21.5 Å². The molecular weight excluding hydrogens is 434 g/mol. The highest BCUT2D eigenvalue weighted by Crippen LogP contribution is 2.47. The Hall–Kier alpha value is -2.82. The van der Waals surface area contributed by atoms with Crippen LogP contribution in [0.3, 0.4) is 0 Å². The number of benzene rings is 1. The normalized spacial score (nSPS) is 20.8. The fourth-order valence-electron chi connectivity index (χ4n) is 5.41. The van der Waals surface area contributed by atoms with E-state index in [0.29, 0.717) is 43.8 Å². The number of carbonyl (C=O) groups is 2. The summed E-state index contributed by atoms with van der Waals surface area (Å²) in [6, 6.07) is 9.12. The summed E-state index contributed by atoms with van der Waals surface area (Å²) in [6.45, 7) is 6.53. The van der Waals surface area contributed by atoms with Crippen molar-refractivity contribution in [3.63, 3.8) is 0 Å². The molecule has 1 aliphatic heterocycles. The molecule has 1 saturated carbocycles. The number of aryl methyl sites for hydroxylation is 2. The number of H-pyrrole nitrogens is 1. The number of ketones is 2. The van der Waals surface area contributed by atoms with Gasteiger partial charge in [-0.1, -0.05) is 5.92 Å². The van der Waals surface area contributed by atoms with Gasteiger partial charge in [0.2, 0.25) is 0 Å². The van der Waals surface area contributed by atoms with Gasteiger partial charge in [-0.2, -0.15) is 0 Å². The van der Waals surface area contributed by atoms with E-state index in [4.69, 9.17) is 4.78 Å². The zero-order chi connectivity index (χ0) is 23.8. The maximum atomic E-state index is 13.3. The lowest BCUT2D eigenvalue weighted by atomic mass is 9.63. The average molecular weight is 465 g/mol. The molecule has 2 fully saturated rings. The fraction of sp³-hybridized carbons (Fsp3) is 0.423. The summed E-state index contributed by atoms with van der Waals surface area (Å²) in [6.07, 6.45) is 3.54. The van der Waals surface area contributed by atoms with E-state index < -0.39 is 21.2 Å². The molecule has 0 bridgehead atoms. The molecule has 2 aliphatic rings. The lowest BCUT2D eigenvalue weighted by Gasteiger charge is -2.44. The van der Waals surface area contributed by atoms with Gasteiger partial charge in [-0.05, 0) is 73.9 Å². The van der Waals surface area contributed by atoms with Crippen molar-refractivity contribution in [2.24, 2.45) is 5.41 Å². The molecule has 1 aromatic carbocycles. The van der Waals surface area contributed by atoms with E-state index in [1.165, 1.54) is 0 Å². The van der Waals surface area contributed by atoms with Crippen molar-refractivity contribution in [2.75, 3.05) is 13.1 Å². The van der Waals surface area contributed by atoms with E-state index in [1.54, 1.807) is 35.6 Å². The Morgan fingerprint density at radius 3 is 2.21 bits per heavy atom. The summed E-state index contributed by atoms with van der Waals surface area (Å²) in [4.78, 5) is 29.6. The molecule has 0 amide bonds. The van der Waals surface area contributed by atoms with Crippen molar-refractivity contribution in [3.05, 3.63) is 58.8 Å². The first-order valence-electron chi connectivity index (χ1n) is 11.3. The molecule has 2 N–H and O–H groups in total. The second-order valence-corrected chi connectivity index (χ2v) is 11.3. The number of nitrogens with one attached hydrogen (secondary N) is 2. The molecule has 1 spiro atoms. The summed E-state index contributed by atoms with van der Waals surface area (Å²) < 4.78 is 23.3. The first kappa shape index (κ1) is 23.3. The summed E-state index contributed by atoms with van der Waals surface area (Å²) in [5.41, 5.74) is 3.18. The van der Waals surface area contributed by atoms with Crippen LogP contribution in [-0.2, 0) is 19.5 Å². The van der Waals surface area contributed by atoms with Crippen LogP contribution in [0, 0.1) is 35.9 Å². The Labute approximate surface area is 195 Å². The Bertz CT molecular complexity index is 1220.